The van der Waals surface area contributed by atoms with Crippen molar-refractivity contribution in [1.29, 1.82) is 0 Å². The van der Waals surface area contributed by atoms with E-state index in [0.717, 1.165) is 24.4 Å². The Kier molecular flexibility index (Phi) is 3.72. The fourth-order valence-corrected chi connectivity index (χ4v) is 2.92. The molecule has 1 saturated carbocycles. The third-order valence-electron chi connectivity index (χ3n) is 4.39. The summed E-state index contributed by atoms with van der Waals surface area (Å²) in [6, 6.07) is 0.282. The summed E-state index contributed by atoms with van der Waals surface area (Å²) in [5.74, 6) is 0.000203. The van der Waals surface area contributed by atoms with Crippen LogP contribution in [-0.2, 0) is 0 Å². The minimum absolute atomic E-state index is 0.114. The predicted octanol–water partition coefficient (Wildman–Crippen LogP) is 2.55. The molecular formula is C15H21N5O2. The van der Waals surface area contributed by atoms with Gasteiger partial charge in [-0.15, -0.1) is 0 Å². The van der Waals surface area contributed by atoms with E-state index in [2.05, 4.69) is 38.7 Å². The van der Waals surface area contributed by atoms with E-state index in [9.17, 15) is 4.79 Å². The summed E-state index contributed by atoms with van der Waals surface area (Å²) in [5.41, 5.74) is 1.78. The first-order valence-electron chi connectivity index (χ1n) is 7.71. The lowest BCUT2D eigenvalue weighted by atomic mass is 10.0. The van der Waals surface area contributed by atoms with Crippen LogP contribution in [0, 0.1) is 0 Å². The molecule has 3 rings (SSSR count). The molecule has 0 bridgehead atoms. The fourth-order valence-electron chi connectivity index (χ4n) is 2.92. The largest absolute Gasteiger partial charge is 0.475 e. The maximum absolute atomic E-state index is 11.1. The Morgan fingerprint density at radius 1 is 1.27 bits per heavy atom. The number of hydrogen-bond acceptors (Lipinski definition) is 5. The summed E-state index contributed by atoms with van der Waals surface area (Å²) < 4.78 is 0. The van der Waals surface area contributed by atoms with Crippen molar-refractivity contribution in [2.24, 2.45) is 0 Å². The van der Waals surface area contributed by atoms with Gasteiger partial charge in [0, 0.05) is 19.0 Å². The van der Waals surface area contributed by atoms with E-state index in [1.165, 1.54) is 12.8 Å². The van der Waals surface area contributed by atoms with Gasteiger partial charge in [-0.25, -0.2) is 19.7 Å². The zero-order valence-corrected chi connectivity index (χ0v) is 13.1. The molecule has 2 N–H and O–H groups in total. The smallest absolute Gasteiger partial charge is 0.372 e. The highest BCUT2D eigenvalue weighted by Gasteiger charge is 2.26. The number of nitrogens with one attached hydrogen (secondary N) is 1. The number of H-pyrrole nitrogens is 1. The van der Waals surface area contributed by atoms with E-state index in [4.69, 9.17) is 5.11 Å². The number of carbonyl (C=O) groups is 1. The van der Waals surface area contributed by atoms with Gasteiger partial charge in [0.15, 0.2) is 17.1 Å². The van der Waals surface area contributed by atoms with Crippen LogP contribution in [0.1, 0.15) is 61.8 Å². The second-order valence-electron chi connectivity index (χ2n) is 6.18. The topological polar surface area (TPSA) is 95.0 Å². The van der Waals surface area contributed by atoms with Crippen molar-refractivity contribution in [2.75, 3.05) is 11.9 Å². The molecule has 0 unspecified atom stereocenters. The first-order valence-corrected chi connectivity index (χ1v) is 7.71. The van der Waals surface area contributed by atoms with Crippen LogP contribution < -0.4 is 4.90 Å². The van der Waals surface area contributed by atoms with Crippen LogP contribution in [0.2, 0.25) is 0 Å². The molecule has 2 aromatic rings. The van der Waals surface area contributed by atoms with E-state index in [0.29, 0.717) is 17.2 Å². The molecule has 0 aliphatic heterocycles. The number of fused-ring (bicyclic) bond motifs is 1. The SMILES string of the molecule is CC(C)N(C)c1nc2nc(C(=O)O)[nH]c2nc1C1CCCC1. The zero-order valence-electron chi connectivity index (χ0n) is 13.1. The van der Waals surface area contributed by atoms with Crippen molar-refractivity contribution in [1.82, 2.24) is 19.9 Å². The highest BCUT2D eigenvalue weighted by Crippen LogP contribution is 2.37. The molecule has 0 atom stereocenters. The van der Waals surface area contributed by atoms with Crippen LogP contribution >= 0.6 is 0 Å². The fraction of sp³-hybridized carbons (Fsp3) is 0.600. The summed E-state index contributed by atoms with van der Waals surface area (Å²) in [6.07, 6.45) is 4.63. The molecule has 2 heterocycles. The summed E-state index contributed by atoms with van der Waals surface area (Å²) in [4.78, 5) is 29.2. The second-order valence-corrected chi connectivity index (χ2v) is 6.18. The predicted molar refractivity (Wildman–Crippen MR) is 83.4 cm³/mol. The summed E-state index contributed by atoms with van der Waals surface area (Å²) in [6.45, 7) is 4.19. The van der Waals surface area contributed by atoms with Crippen LogP contribution in [0.15, 0.2) is 0 Å². The monoisotopic (exact) mass is 303 g/mol. The molecule has 0 spiro atoms. The molecular weight excluding hydrogens is 282 g/mol. The molecule has 0 amide bonds. The number of nitrogens with zero attached hydrogens (tertiary/aromatic N) is 4. The molecule has 22 heavy (non-hydrogen) atoms. The second kappa shape index (κ2) is 5.55. The number of anilines is 1. The Hall–Kier alpha value is -2.18. The lowest BCUT2D eigenvalue weighted by Crippen LogP contribution is -2.28. The van der Waals surface area contributed by atoms with Crippen LogP contribution in [0.25, 0.3) is 11.3 Å². The lowest BCUT2D eigenvalue weighted by molar-refractivity contribution is 0.0685. The number of aromatic amines is 1. The Bertz CT molecular complexity index is 664. The number of aromatic nitrogens is 4. The number of hydrogen-bond donors (Lipinski definition) is 2. The average Bonchev–Trinajstić information content (AvgIpc) is 3.13. The van der Waals surface area contributed by atoms with Gasteiger partial charge in [0.25, 0.3) is 0 Å². The van der Waals surface area contributed by atoms with E-state index in [-0.39, 0.29) is 11.9 Å². The normalized spacial score (nSPS) is 15.8. The van der Waals surface area contributed by atoms with Crippen molar-refractivity contribution in [3.8, 4) is 0 Å². The van der Waals surface area contributed by atoms with Gasteiger partial charge in [0.05, 0.1) is 5.69 Å². The van der Waals surface area contributed by atoms with Gasteiger partial charge < -0.3 is 15.0 Å². The maximum Gasteiger partial charge on any atom is 0.372 e. The van der Waals surface area contributed by atoms with Crippen molar-refractivity contribution in [2.45, 2.75) is 51.5 Å². The number of carboxylic acids is 1. The first-order chi connectivity index (χ1) is 10.5. The molecule has 7 nitrogen and oxygen atoms in total. The van der Waals surface area contributed by atoms with E-state index in [1.807, 2.05) is 7.05 Å². The van der Waals surface area contributed by atoms with Gasteiger partial charge in [-0.3, -0.25) is 0 Å². The standard InChI is InChI=1S/C15H21N5O2/c1-8(2)20(3)14-10(9-6-4-5-7-9)16-11-12(19-14)18-13(17-11)15(21)22/h8-9H,4-7H2,1-3H3,(H,21,22)(H,16,17,18,19). The van der Waals surface area contributed by atoms with Crippen LogP contribution in [0.4, 0.5) is 5.82 Å². The number of aromatic carboxylic acids is 1. The van der Waals surface area contributed by atoms with Crippen molar-refractivity contribution < 1.29 is 9.90 Å². The highest BCUT2D eigenvalue weighted by atomic mass is 16.4. The van der Waals surface area contributed by atoms with Crippen LogP contribution in [-0.4, -0.2) is 44.1 Å². The molecule has 0 radical (unpaired) electrons. The van der Waals surface area contributed by atoms with Crippen LogP contribution in [0.3, 0.4) is 0 Å². The zero-order chi connectivity index (χ0) is 15.9. The molecule has 2 aromatic heterocycles. The van der Waals surface area contributed by atoms with Crippen molar-refractivity contribution in [3.63, 3.8) is 0 Å². The van der Waals surface area contributed by atoms with Crippen LogP contribution in [0.5, 0.6) is 0 Å². The Morgan fingerprint density at radius 2 is 1.95 bits per heavy atom. The Morgan fingerprint density at radius 3 is 2.55 bits per heavy atom. The molecule has 1 fully saturated rings. The molecule has 118 valence electrons. The average molecular weight is 303 g/mol. The van der Waals surface area contributed by atoms with E-state index < -0.39 is 5.97 Å². The van der Waals surface area contributed by atoms with Gasteiger partial charge >= 0.3 is 5.97 Å². The number of rotatable bonds is 4. The van der Waals surface area contributed by atoms with Crippen molar-refractivity contribution >= 4 is 23.1 Å². The number of carboxylic acid groups (broad SMARTS) is 1. The van der Waals surface area contributed by atoms with Gasteiger partial charge in [-0.2, -0.15) is 0 Å². The third-order valence-corrected chi connectivity index (χ3v) is 4.39. The molecule has 1 aliphatic carbocycles. The van der Waals surface area contributed by atoms with Gasteiger partial charge in [0.2, 0.25) is 5.82 Å². The third kappa shape index (κ3) is 2.51. The van der Waals surface area contributed by atoms with Gasteiger partial charge in [-0.1, -0.05) is 12.8 Å². The molecule has 7 heteroatoms. The number of imidazole rings is 1. The quantitative estimate of drug-likeness (QED) is 0.901. The minimum atomic E-state index is -1.10. The molecule has 0 saturated heterocycles. The minimum Gasteiger partial charge on any atom is -0.475 e. The Balaban J connectivity index is 2.15. The van der Waals surface area contributed by atoms with Gasteiger partial charge in [-0.05, 0) is 26.7 Å². The maximum atomic E-state index is 11.1. The molecule has 1 aliphatic rings. The van der Waals surface area contributed by atoms with Gasteiger partial charge in [0.1, 0.15) is 0 Å². The molecule has 0 aromatic carbocycles. The summed E-state index contributed by atoms with van der Waals surface area (Å²) >= 11 is 0. The van der Waals surface area contributed by atoms with Crippen molar-refractivity contribution in [3.05, 3.63) is 11.5 Å². The first kappa shape index (κ1) is 14.7. The summed E-state index contributed by atoms with van der Waals surface area (Å²) in [7, 11) is 1.99. The lowest BCUT2D eigenvalue weighted by Gasteiger charge is -2.26. The summed E-state index contributed by atoms with van der Waals surface area (Å²) in [5, 5.41) is 9.07. The highest BCUT2D eigenvalue weighted by molar-refractivity contribution is 5.87. The van der Waals surface area contributed by atoms with E-state index in [1.54, 1.807) is 0 Å². The van der Waals surface area contributed by atoms with E-state index >= 15 is 0 Å². The Labute approximate surface area is 128 Å².